The molecule has 0 fully saturated rings. The van der Waals surface area contributed by atoms with Gasteiger partial charge in [-0.1, -0.05) is 50.6 Å². The van der Waals surface area contributed by atoms with Crippen LogP contribution >= 0.6 is 0 Å². The molecule has 2 heteroatoms. The number of rotatable bonds is 5. The summed E-state index contributed by atoms with van der Waals surface area (Å²) in [5, 5.41) is 0. The first-order valence-corrected chi connectivity index (χ1v) is 6.13. The van der Waals surface area contributed by atoms with Gasteiger partial charge in [-0.2, -0.15) is 4.39 Å². The Kier molecular flexibility index (Phi) is 7.44. The molecule has 0 spiro atoms. The molecular weight excluding hydrogens is 213 g/mol. The normalized spacial score (nSPS) is 17.1. The summed E-state index contributed by atoms with van der Waals surface area (Å²) in [5.41, 5.74) is 2.05. The SMILES string of the molecule is C/C=C\C=C(/C(C)C)C(C)C(=C/C)/N=C(\C)F. The van der Waals surface area contributed by atoms with Crippen molar-refractivity contribution < 1.29 is 4.39 Å². The van der Waals surface area contributed by atoms with Gasteiger partial charge >= 0.3 is 0 Å². The van der Waals surface area contributed by atoms with Gasteiger partial charge in [0.25, 0.3) is 0 Å². The number of hydrogen-bond donors (Lipinski definition) is 0. The zero-order valence-electron chi connectivity index (χ0n) is 11.8. The van der Waals surface area contributed by atoms with Crippen LogP contribution < -0.4 is 0 Å². The van der Waals surface area contributed by atoms with Crippen molar-refractivity contribution >= 4 is 5.97 Å². The molecule has 0 aromatic heterocycles. The van der Waals surface area contributed by atoms with Gasteiger partial charge in [0.1, 0.15) is 0 Å². The Labute approximate surface area is 105 Å². The number of halogens is 1. The summed E-state index contributed by atoms with van der Waals surface area (Å²) in [6.07, 6.45) is 7.99. The maximum Gasteiger partial charge on any atom is 0.186 e. The molecule has 0 saturated carbocycles. The maximum atomic E-state index is 12.9. The van der Waals surface area contributed by atoms with Crippen LogP contribution in [-0.2, 0) is 0 Å². The van der Waals surface area contributed by atoms with Gasteiger partial charge in [0.15, 0.2) is 5.97 Å². The molecule has 0 amide bonds. The molecule has 1 atom stereocenters. The van der Waals surface area contributed by atoms with E-state index >= 15 is 0 Å². The molecule has 0 aromatic rings. The first kappa shape index (κ1) is 15.8. The fraction of sp³-hybridized carbons (Fsp3) is 0.533. The predicted molar refractivity (Wildman–Crippen MR) is 74.9 cm³/mol. The summed E-state index contributed by atoms with van der Waals surface area (Å²) >= 11 is 0. The highest BCUT2D eigenvalue weighted by atomic mass is 19.1. The lowest BCUT2D eigenvalue weighted by atomic mass is 9.88. The summed E-state index contributed by atoms with van der Waals surface area (Å²) in [6.45, 7) is 11.6. The van der Waals surface area contributed by atoms with Crippen molar-refractivity contribution in [2.45, 2.75) is 41.5 Å². The highest BCUT2D eigenvalue weighted by Crippen LogP contribution is 2.27. The molecule has 0 aromatic carbocycles. The van der Waals surface area contributed by atoms with Gasteiger partial charge in [-0.05, 0) is 19.8 Å². The molecule has 0 aliphatic carbocycles. The van der Waals surface area contributed by atoms with E-state index in [0.29, 0.717) is 5.92 Å². The topological polar surface area (TPSA) is 12.4 Å². The van der Waals surface area contributed by atoms with Crippen molar-refractivity contribution in [3.05, 3.63) is 35.6 Å². The highest BCUT2D eigenvalue weighted by Gasteiger charge is 2.15. The average Bonchev–Trinajstić information content (AvgIpc) is 2.25. The van der Waals surface area contributed by atoms with Crippen LogP contribution in [0.3, 0.4) is 0 Å². The molecule has 96 valence electrons. The minimum absolute atomic E-state index is 0.141. The van der Waals surface area contributed by atoms with E-state index in [1.165, 1.54) is 12.5 Å². The van der Waals surface area contributed by atoms with Gasteiger partial charge in [-0.15, -0.1) is 0 Å². The van der Waals surface area contributed by atoms with Gasteiger partial charge < -0.3 is 0 Å². The smallest absolute Gasteiger partial charge is 0.186 e. The third-order valence-corrected chi connectivity index (χ3v) is 2.67. The Hall–Kier alpha value is -1.18. The van der Waals surface area contributed by atoms with Gasteiger partial charge in [0, 0.05) is 18.5 Å². The second kappa shape index (κ2) is 7.99. The van der Waals surface area contributed by atoms with E-state index in [-0.39, 0.29) is 11.9 Å². The number of nitrogens with zero attached hydrogens (tertiary/aromatic N) is 1. The Morgan fingerprint density at radius 2 is 1.76 bits per heavy atom. The Balaban J connectivity index is 5.21. The zero-order valence-corrected chi connectivity index (χ0v) is 11.8. The predicted octanol–water partition coefficient (Wildman–Crippen LogP) is 5.07. The molecule has 17 heavy (non-hydrogen) atoms. The first-order chi connectivity index (χ1) is 7.93. The quantitative estimate of drug-likeness (QED) is 0.467. The zero-order chi connectivity index (χ0) is 13.4. The van der Waals surface area contributed by atoms with Crippen LogP contribution in [0.4, 0.5) is 4.39 Å². The third-order valence-electron chi connectivity index (χ3n) is 2.67. The largest absolute Gasteiger partial charge is 0.229 e. The van der Waals surface area contributed by atoms with Crippen molar-refractivity contribution in [1.29, 1.82) is 0 Å². The van der Waals surface area contributed by atoms with Crippen LogP contribution in [0.5, 0.6) is 0 Å². The first-order valence-electron chi connectivity index (χ1n) is 6.13. The van der Waals surface area contributed by atoms with Gasteiger partial charge in [-0.25, -0.2) is 4.99 Å². The van der Waals surface area contributed by atoms with E-state index in [1.54, 1.807) is 0 Å². The summed E-state index contributed by atoms with van der Waals surface area (Å²) in [5.74, 6) is 0.173. The van der Waals surface area contributed by atoms with Crippen LogP contribution in [0.2, 0.25) is 0 Å². The minimum atomic E-state index is -0.390. The molecule has 0 bridgehead atoms. The standard InChI is InChI=1S/C15H24FN/c1-7-9-10-14(11(3)4)12(5)15(8-2)17-13(6)16/h7-12H,1-6H3/b9-7-,14-10+,15-8-,17-13+. The minimum Gasteiger partial charge on any atom is -0.229 e. The summed E-state index contributed by atoms with van der Waals surface area (Å²) in [4.78, 5) is 3.95. The summed E-state index contributed by atoms with van der Waals surface area (Å²) < 4.78 is 12.9. The molecular formula is C15H24FN. The number of aliphatic imine (C=N–C) groups is 1. The van der Waals surface area contributed by atoms with Gasteiger partial charge in [0.05, 0.1) is 0 Å². The number of allylic oxidation sites excluding steroid dienone is 5. The molecule has 0 rings (SSSR count). The second-order valence-corrected chi connectivity index (χ2v) is 4.39. The third kappa shape index (κ3) is 5.62. The van der Waals surface area contributed by atoms with Crippen LogP contribution in [0.25, 0.3) is 0 Å². The van der Waals surface area contributed by atoms with Crippen LogP contribution in [0, 0.1) is 11.8 Å². The lowest BCUT2D eigenvalue weighted by molar-refractivity contribution is 0.635. The Morgan fingerprint density at radius 3 is 2.12 bits per heavy atom. The van der Waals surface area contributed by atoms with E-state index < -0.39 is 0 Å². The van der Waals surface area contributed by atoms with Crippen LogP contribution in [0.15, 0.2) is 40.6 Å². The van der Waals surface area contributed by atoms with Crippen LogP contribution in [-0.4, -0.2) is 5.97 Å². The van der Waals surface area contributed by atoms with E-state index in [1.807, 2.05) is 32.1 Å². The lowest BCUT2D eigenvalue weighted by Crippen LogP contribution is -2.08. The van der Waals surface area contributed by atoms with Gasteiger partial charge in [0.2, 0.25) is 0 Å². The van der Waals surface area contributed by atoms with Gasteiger partial charge in [-0.3, -0.25) is 0 Å². The fourth-order valence-corrected chi connectivity index (χ4v) is 1.80. The summed E-state index contributed by atoms with van der Waals surface area (Å²) in [7, 11) is 0. The van der Waals surface area contributed by atoms with E-state index in [9.17, 15) is 4.39 Å². The molecule has 0 aliphatic rings. The Bertz CT molecular complexity index is 342. The second-order valence-electron chi connectivity index (χ2n) is 4.39. The van der Waals surface area contributed by atoms with Crippen molar-refractivity contribution in [3.8, 4) is 0 Å². The number of hydrogen-bond acceptors (Lipinski definition) is 1. The molecule has 0 radical (unpaired) electrons. The molecule has 1 nitrogen and oxygen atoms in total. The monoisotopic (exact) mass is 237 g/mol. The van der Waals surface area contributed by atoms with Crippen molar-refractivity contribution in [3.63, 3.8) is 0 Å². The lowest BCUT2D eigenvalue weighted by Gasteiger charge is -2.19. The molecule has 0 N–H and O–H groups in total. The Morgan fingerprint density at radius 1 is 1.18 bits per heavy atom. The van der Waals surface area contributed by atoms with E-state index in [2.05, 4.69) is 31.8 Å². The molecule has 0 saturated heterocycles. The van der Waals surface area contributed by atoms with E-state index in [0.717, 1.165) is 5.70 Å². The van der Waals surface area contributed by atoms with Crippen molar-refractivity contribution in [2.75, 3.05) is 0 Å². The molecule has 1 unspecified atom stereocenters. The average molecular weight is 237 g/mol. The van der Waals surface area contributed by atoms with Crippen molar-refractivity contribution in [1.82, 2.24) is 0 Å². The summed E-state index contributed by atoms with van der Waals surface area (Å²) in [6, 6.07) is 0. The highest BCUT2D eigenvalue weighted by molar-refractivity contribution is 5.73. The maximum absolute atomic E-state index is 12.9. The fourth-order valence-electron chi connectivity index (χ4n) is 1.80. The van der Waals surface area contributed by atoms with Crippen molar-refractivity contribution in [2.24, 2.45) is 16.8 Å². The van der Waals surface area contributed by atoms with E-state index in [4.69, 9.17) is 0 Å². The molecule has 0 heterocycles. The molecule has 0 aliphatic heterocycles. The van der Waals surface area contributed by atoms with Crippen LogP contribution in [0.1, 0.15) is 41.5 Å².